The van der Waals surface area contributed by atoms with Crippen LogP contribution in [-0.4, -0.2) is 40.3 Å². The van der Waals surface area contributed by atoms with Crippen LogP contribution in [0.5, 0.6) is 23.0 Å². The van der Waals surface area contributed by atoms with Gasteiger partial charge in [0.05, 0.1) is 12.9 Å². The number of carbonyl (C=O) groups excluding carboxylic acids is 1. The highest BCUT2D eigenvalue weighted by atomic mass is 32.2. The highest BCUT2D eigenvalue weighted by molar-refractivity contribution is 7.99. The van der Waals surface area contributed by atoms with Crippen molar-refractivity contribution in [1.82, 2.24) is 14.8 Å². The summed E-state index contributed by atoms with van der Waals surface area (Å²) in [5.41, 5.74) is 1.73. The van der Waals surface area contributed by atoms with Gasteiger partial charge in [0.1, 0.15) is 6.61 Å². The second-order valence-electron chi connectivity index (χ2n) is 6.81. The molecule has 4 rings (SSSR count). The third-order valence-electron chi connectivity index (χ3n) is 4.59. The molecule has 2 aromatic carbocycles. The Bertz CT molecular complexity index is 1100. The van der Waals surface area contributed by atoms with Crippen molar-refractivity contribution in [3.8, 4) is 23.0 Å². The number of carbonyl (C=O) groups is 1. The fraction of sp³-hybridized carbons (Fsp3) is 0.286. The molecule has 0 spiro atoms. The minimum absolute atomic E-state index is 0.158. The number of nitrogens with zero attached hydrogens (tertiary/aromatic N) is 3. The fourth-order valence-electron chi connectivity index (χ4n) is 2.93. The fourth-order valence-corrected chi connectivity index (χ4v) is 3.66. The Labute approximate surface area is 183 Å². The molecular weight excluding hydrogens is 420 g/mol. The van der Waals surface area contributed by atoms with Gasteiger partial charge in [-0.05, 0) is 36.8 Å². The lowest BCUT2D eigenvalue weighted by molar-refractivity contribution is -0.113. The van der Waals surface area contributed by atoms with Crippen LogP contribution in [0, 0.1) is 6.92 Å². The Balaban J connectivity index is 1.31. The number of benzene rings is 2. The number of rotatable bonds is 8. The van der Waals surface area contributed by atoms with E-state index in [1.807, 2.05) is 32.2 Å². The lowest BCUT2D eigenvalue weighted by Gasteiger charge is -2.11. The average molecular weight is 442 g/mol. The number of anilines is 1. The summed E-state index contributed by atoms with van der Waals surface area (Å²) in [4.78, 5) is 12.3. The molecule has 0 bridgehead atoms. The van der Waals surface area contributed by atoms with Crippen LogP contribution in [0.4, 0.5) is 5.69 Å². The average Bonchev–Trinajstić information content (AvgIpc) is 3.37. The van der Waals surface area contributed by atoms with Gasteiger partial charge >= 0.3 is 0 Å². The Morgan fingerprint density at radius 3 is 2.84 bits per heavy atom. The van der Waals surface area contributed by atoms with Crippen molar-refractivity contribution in [2.45, 2.75) is 18.7 Å². The Hall–Kier alpha value is -3.40. The quantitative estimate of drug-likeness (QED) is 0.532. The first kappa shape index (κ1) is 20.9. The van der Waals surface area contributed by atoms with Crippen molar-refractivity contribution in [3.63, 3.8) is 0 Å². The monoisotopic (exact) mass is 442 g/mol. The second-order valence-corrected chi connectivity index (χ2v) is 7.75. The number of hydrogen-bond donors (Lipinski definition) is 1. The normalized spacial score (nSPS) is 12.0. The highest BCUT2D eigenvalue weighted by Crippen LogP contribution is 2.34. The zero-order chi connectivity index (χ0) is 21.8. The molecule has 0 aliphatic carbocycles. The van der Waals surface area contributed by atoms with Crippen molar-refractivity contribution in [3.05, 3.63) is 47.8 Å². The number of aryl methyl sites for hydroxylation is 1. The molecule has 0 saturated carbocycles. The Morgan fingerprint density at radius 2 is 2.00 bits per heavy atom. The van der Waals surface area contributed by atoms with Gasteiger partial charge in [0.15, 0.2) is 34.0 Å². The molecule has 31 heavy (non-hydrogen) atoms. The third-order valence-corrected chi connectivity index (χ3v) is 5.61. The van der Waals surface area contributed by atoms with Crippen LogP contribution in [0.3, 0.4) is 0 Å². The molecule has 0 fully saturated rings. The van der Waals surface area contributed by atoms with E-state index >= 15 is 0 Å². The predicted octanol–water partition coefficient (Wildman–Crippen LogP) is 3.17. The minimum Gasteiger partial charge on any atom is -0.493 e. The third kappa shape index (κ3) is 4.85. The molecule has 1 N–H and O–H groups in total. The van der Waals surface area contributed by atoms with Crippen molar-refractivity contribution in [2.75, 3.05) is 25.0 Å². The number of amides is 1. The van der Waals surface area contributed by atoms with Gasteiger partial charge in [-0.15, -0.1) is 10.2 Å². The van der Waals surface area contributed by atoms with Gasteiger partial charge in [-0.1, -0.05) is 17.8 Å². The lowest BCUT2D eigenvalue weighted by Crippen LogP contribution is -2.14. The van der Waals surface area contributed by atoms with Gasteiger partial charge in [0.25, 0.3) is 0 Å². The maximum Gasteiger partial charge on any atom is 0.234 e. The molecule has 0 atom stereocenters. The van der Waals surface area contributed by atoms with E-state index in [9.17, 15) is 4.79 Å². The summed E-state index contributed by atoms with van der Waals surface area (Å²) in [5.74, 6) is 3.26. The Kier molecular flexibility index (Phi) is 6.17. The molecule has 9 nitrogen and oxygen atoms in total. The molecular formula is C21H22N4O5S. The zero-order valence-corrected chi connectivity index (χ0v) is 18.2. The van der Waals surface area contributed by atoms with E-state index in [1.54, 1.807) is 29.9 Å². The van der Waals surface area contributed by atoms with Gasteiger partial charge in [0.2, 0.25) is 12.7 Å². The molecule has 1 amide bonds. The minimum atomic E-state index is -0.158. The number of thioether (sulfide) groups is 1. The number of hydrogen-bond acceptors (Lipinski definition) is 8. The zero-order valence-electron chi connectivity index (χ0n) is 17.4. The molecule has 10 heteroatoms. The van der Waals surface area contributed by atoms with E-state index in [2.05, 4.69) is 15.5 Å². The molecule has 1 aliphatic heterocycles. The van der Waals surface area contributed by atoms with Gasteiger partial charge in [0, 0.05) is 18.8 Å². The van der Waals surface area contributed by atoms with Crippen molar-refractivity contribution < 1.29 is 23.7 Å². The first-order chi connectivity index (χ1) is 15.0. The predicted molar refractivity (Wildman–Crippen MR) is 115 cm³/mol. The Morgan fingerprint density at radius 1 is 1.16 bits per heavy atom. The molecule has 0 saturated heterocycles. The number of fused-ring (bicyclic) bond motifs is 1. The summed E-state index contributed by atoms with van der Waals surface area (Å²) >= 11 is 1.29. The molecule has 0 unspecified atom stereocenters. The summed E-state index contributed by atoms with van der Waals surface area (Å²) < 4.78 is 23.6. The van der Waals surface area contributed by atoms with Crippen LogP contribution in [0.1, 0.15) is 11.4 Å². The molecule has 3 aromatic rings. The molecule has 0 radical (unpaired) electrons. The van der Waals surface area contributed by atoms with Crippen LogP contribution in [0.25, 0.3) is 0 Å². The summed E-state index contributed by atoms with van der Waals surface area (Å²) in [6.45, 7) is 2.41. The van der Waals surface area contributed by atoms with Crippen LogP contribution >= 0.6 is 11.8 Å². The van der Waals surface area contributed by atoms with Gasteiger partial charge in [-0.3, -0.25) is 4.79 Å². The molecule has 2 heterocycles. The first-order valence-corrected chi connectivity index (χ1v) is 10.5. The highest BCUT2D eigenvalue weighted by Gasteiger charge is 2.16. The van der Waals surface area contributed by atoms with E-state index in [1.165, 1.54) is 11.8 Å². The molecule has 1 aromatic heterocycles. The smallest absolute Gasteiger partial charge is 0.234 e. The maximum absolute atomic E-state index is 12.3. The largest absolute Gasteiger partial charge is 0.493 e. The van der Waals surface area contributed by atoms with Crippen LogP contribution < -0.4 is 24.3 Å². The SMILES string of the molecule is COc1cc(C)ccc1OCc1nnc(SCC(=O)Nc2ccc3c(c2)OCO3)n1C. The number of methoxy groups -OCH3 is 1. The summed E-state index contributed by atoms with van der Waals surface area (Å²) in [6, 6.07) is 11.0. The number of aromatic nitrogens is 3. The second kappa shape index (κ2) is 9.17. The van der Waals surface area contributed by atoms with E-state index in [-0.39, 0.29) is 25.1 Å². The molecule has 1 aliphatic rings. The summed E-state index contributed by atoms with van der Waals surface area (Å²) in [5, 5.41) is 11.8. The van der Waals surface area contributed by atoms with E-state index in [0.29, 0.717) is 39.7 Å². The van der Waals surface area contributed by atoms with E-state index in [4.69, 9.17) is 18.9 Å². The number of nitrogens with one attached hydrogen (secondary N) is 1. The van der Waals surface area contributed by atoms with Crippen LogP contribution in [0.2, 0.25) is 0 Å². The van der Waals surface area contributed by atoms with Gasteiger partial charge in [-0.25, -0.2) is 0 Å². The first-order valence-electron chi connectivity index (χ1n) is 9.51. The maximum atomic E-state index is 12.3. The van der Waals surface area contributed by atoms with Crippen molar-refractivity contribution in [1.29, 1.82) is 0 Å². The lowest BCUT2D eigenvalue weighted by atomic mass is 10.2. The summed E-state index contributed by atoms with van der Waals surface area (Å²) in [6.07, 6.45) is 0. The number of ether oxygens (including phenoxy) is 4. The van der Waals surface area contributed by atoms with Crippen LogP contribution in [0.15, 0.2) is 41.6 Å². The topological polar surface area (TPSA) is 96.7 Å². The van der Waals surface area contributed by atoms with Crippen LogP contribution in [-0.2, 0) is 18.4 Å². The van der Waals surface area contributed by atoms with Gasteiger partial charge < -0.3 is 28.8 Å². The van der Waals surface area contributed by atoms with Crippen molar-refractivity contribution in [2.24, 2.45) is 7.05 Å². The van der Waals surface area contributed by atoms with Gasteiger partial charge in [-0.2, -0.15) is 0 Å². The van der Waals surface area contributed by atoms with E-state index in [0.717, 1.165) is 5.56 Å². The van der Waals surface area contributed by atoms with E-state index < -0.39 is 0 Å². The van der Waals surface area contributed by atoms with Crippen molar-refractivity contribution >= 4 is 23.4 Å². The summed E-state index contributed by atoms with van der Waals surface area (Å²) in [7, 11) is 3.44. The standard InChI is InChI=1S/C21H22N4O5S/c1-13-4-6-15(17(8-13)27-3)28-10-19-23-24-21(25(19)2)31-11-20(26)22-14-5-7-16-18(9-14)30-12-29-16/h4-9H,10-12H2,1-3H3,(H,22,26). The molecule has 162 valence electrons.